The highest BCUT2D eigenvalue weighted by Crippen LogP contribution is 2.24. The third kappa shape index (κ3) is 3.07. The minimum atomic E-state index is -0.337. The van der Waals surface area contributed by atoms with E-state index >= 15 is 0 Å². The van der Waals surface area contributed by atoms with Crippen LogP contribution >= 0.6 is 0 Å². The van der Waals surface area contributed by atoms with Gasteiger partial charge < -0.3 is 5.11 Å². The van der Waals surface area contributed by atoms with E-state index in [9.17, 15) is 5.11 Å². The van der Waals surface area contributed by atoms with Crippen LogP contribution in [0.2, 0.25) is 0 Å². The van der Waals surface area contributed by atoms with Crippen molar-refractivity contribution in [2.45, 2.75) is 46.1 Å². The molecule has 0 aliphatic heterocycles. The van der Waals surface area contributed by atoms with Gasteiger partial charge in [0.25, 0.3) is 0 Å². The Kier molecular flexibility index (Phi) is 4.34. The van der Waals surface area contributed by atoms with Gasteiger partial charge in [-0.05, 0) is 29.4 Å². The number of aliphatic hydroxyl groups is 1. The van der Waals surface area contributed by atoms with E-state index in [0.717, 1.165) is 12.0 Å². The molecule has 84 valence electrons. The fourth-order valence-electron chi connectivity index (χ4n) is 1.64. The number of rotatable bonds is 4. The Hall–Kier alpha value is -0.820. The molecule has 0 spiro atoms. The Morgan fingerprint density at radius 1 is 1.00 bits per heavy atom. The van der Waals surface area contributed by atoms with Gasteiger partial charge in [-0.25, -0.2) is 0 Å². The second kappa shape index (κ2) is 5.32. The van der Waals surface area contributed by atoms with E-state index in [1.165, 1.54) is 5.56 Å². The normalized spacial score (nSPS) is 15.3. The number of hydrogen-bond acceptors (Lipinski definition) is 1. The molecule has 15 heavy (non-hydrogen) atoms. The van der Waals surface area contributed by atoms with Crippen molar-refractivity contribution in [3.63, 3.8) is 0 Å². The van der Waals surface area contributed by atoms with Crippen molar-refractivity contribution in [1.29, 1.82) is 0 Å². The quantitative estimate of drug-likeness (QED) is 0.792. The van der Waals surface area contributed by atoms with Crippen molar-refractivity contribution in [2.75, 3.05) is 0 Å². The zero-order valence-electron chi connectivity index (χ0n) is 10.2. The second-order valence-electron chi connectivity index (χ2n) is 4.66. The molecule has 0 heterocycles. The lowest BCUT2D eigenvalue weighted by Gasteiger charge is -2.16. The minimum absolute atomic E-state index is 0.277. The first-order chi connectivity index (χ1) is 7.06. The molecular weight excluding hydrogens is 184 g/mol. The topological polar surface area (TPSA) is 20.2 Å². The molecule has 1 nitrogen and oxygen atoms in total. The van der Waals surface area contributed by atoms with Gasteiger partial charge in [0.1, 0.15) is 0 Å². The molecule has 0 radical (unpaired) electrons. The Morgan fingerprint density at radius 3 is 1.87 bits per heavy atom. The maximum Gasteiger partial charge on any atom is 0.0812 e. The van der Waals surface area contributed by atoms with Crippen LogP contribution in [-0.2, 0) is 0 Å². The summed E-state index contributed by atoms with van der Waals surface area (Å²) in [6.45, 7) is 8.50. The Labute approximate surface area is 93.1 Å². The van der Waals surface area contributed by atoms with Crippen molar-refractivity contribution < 1.29 is 5.11 Å². The van der Waals surface area contributed by atoms with Crippen LogP contribution in [0.1, 0.15) is 57.3 Å². The van der Waals surface area contributed by atoms with E-state index in [-0.39, 0.29) is 12.0 Å². The van der Waals surface area contributed by atoms with Gasteiger partial charge in [-0.3, -0.25) is 0 Å². The lowest BCUT2D eigenvalue weighted by Crippen LogP contribution is -2.05. The number of benzene rings is 1. The summed E-state index contributed by atoms with van der Waals surface area (Å²) in [5.41, 5.74) is 2.38. The average molecular weight is 206 g/mol. The highest BCUT2D eigenvalue weighted by atomic mass is 16.3. The van der Waals surface area contributed by atoms with Crippen LogP contribution in [0.3, 0.4) is 0 Å². The molecule has 0 aromatic heterocycles. The summed E-state index contributed by atoms with van der Waals surface area (Å²) >= 11 is 0. The summed E-state index contributed by atoms with van der Waals surface area (Å²) in [4.78, 5) is 0. The molecule has 0 amide bonds. The van der Waals surface area contributed by atoms with Gasteiger partial charge in [-0.2, -0.15) is 0 Å². The van der Waals surface area contributed by atoms with E-state index in [0.29, 0.717) is 5.92 Å². The molecule has 2 unspecified atom stereocenters. The number of hydrogen-bond donors (Lipinski definition) is 1. The highest BCUT2D eigenvalue weighted by Gasteiger charge is 2.12. The van der Waals surface area contributed by atoms with E-state index in [1.807, 2.05) is 26.0 Å². The lowest BCUT2D eigenvalue weighted by atomic mass is 9.94. The fraction of sp³-hybridized carbons (Fsp3) is 0.571. The van der Waals surface area contributed by atoms with E-state index in [2.05, 4.69) is 26.0 Å². The standard InChI is InChI=1S/C14H22O/c1-5-11(4)12-6-8-13(9-7-12)14(15)10(2)3/h6-11,14-15H,5H2,1-4H3. The lowest BCUT2D eigenvalue weighted by molar-refractivity contribution is 0.127. The van der Waals surface area contributed by atoms with Crippen LogP contribution < -0.4 is 0 Å². The molecule has 1 rings (SSSR count). The second-order valence-corrected chi connectivity index (χ2v) is 4.66. The Morgan fingerprint density at radius 2 is 1.47 bits per heavy atom. The summed E-state index contributed by atoms with van der Waals surface area (Å²) in [7, 11) is 0. The molecule has 2 atom stereocenters. The first-order valence-electron chi connectivity index (χ1n) is 5.84. The van der Waals surface area contributed by atoms with Crippen LogP contribution in [0.5, 0.6) is 0 Å². The van der Waals surface area contributed by atoms with Crippen LogP contribution in [0.25, 0.3) is 0 Å². The zero-order valence-corrected chi connectivity index (χ0v) is 10.2. The monoisotopic (exact) mass is 206 g/mol. The molecule has 0 aliphatic carbocycles. The first kappa shape index (κ1) is 12.3. The molecule has 0 saturated carbocycles. The maximum absolute atomic E-state index is 9.88. The van der Waals surface area contributed by atoms with Gasteiger partial charge in [0.05, 0.1) is 6.10 Å². The smallest absolute Gasteiger partial charge is 0.0812 e. The molecule has 1 aromatic carbocycles. The van der Waals surface area contributed by atoms with Crippen molar-refractivity contribution in [1.82, 2.24) is 0 Å². The van der Waals surface area contributed by atoms with Crippen LogP contribution in [0.4, 0.5) is 0 Å². The van der Waals surface area contributed by atoms with Gasteiger partial charge in [0.15, 0.2) is 0 Å². The zero-order chi connectivity index (χ0) is 11.4. The maximum atomic E-state index is 9.88. The molecule has 1 aromatic rings. The molecular formula is C14H22O. The van der Waals surface area contributed by atoms with Crippen molar-refractivity contribution >= 4 is 0 Å². The molecule has 0 fully saturated rings. The van der Waals surface area contributed by atoms with Gasteiger partial charge >= 0.3 is 0 Å². The van der Waals surface area contributed by atoms with Crippen molar-refractivity contribution in [3.8, 4) is 0 Å². The fourth-order valence-corrected chi connectivity index (χ4v) is 1.64. The third-order valence-electron chi connectivity index (χ3n) is 3.09. The molecule has 0 bridgehead atoms. The van der Waals surface area contributed by atoms with Crippen LogP contribution in [-0.4, -0.2) is 5.11 Å². The van der Waals surface area contributed by atoms with Crippen LogP contribution in [0.15, 0.2) is 24.3 Å². The summed E-state index contributed by atoms with van der Waals surface area (Å²) < 4.78 is 0. The molecule has 1 heteroatoms. The van der Waals surface area contributed by atoms with E-state index in [4.69, 9.17) is 0 Å². The van der Waals surface area contributed by atoms with Gasteiger partial charge in [-0.15, -0.1) is 0 Å². The summed E-state index contributed by atoms with van der Waals surface area (Å²) in [5, 5.41) is 9.88. The summed E-state index contributed by atoms with van der Waals surface area (Å²) in [6.07, 6.45) is 0.822. The molecule has 0 aliphatic rings. The first-order valence-corrected chi connectivity index (χ1v) is 5.84. The summed E-state index contributed by atoms with van der Waals surface area (Å²) in [6, 6.07) is 8.36. The Bertz CT molecular complexity index is 287. The van der Waals surface area contributed by atoms with E-state index < -0.39 is 0 Å². The molecule has 0 saturated heterocycles. The van der Waals surface area contributed by atoms with Crippen LogP contribution in [0, 0.1) is 5.92 Å². The Balaban J connectivity index is 2.80. The highest BCUT2D eigenvalue weighted by molar-refractivity contribution is 5.26. The van der Waals surface area contributed by atoms with Gasteiger partial charge in [0.2, 0.25) is 0 Å². The average Bonchev–Trinajstić information content (AvgIpc) is 2.27. The van der Waals surface area contributed by atoms with Crippen molar-refractivity contribution in [3.05, 3.63) is 35.4 Å². The van der Waals surface area contributed by atoms with Crippen molar-refractivity contribution in [2.24, 2.45) is 5.92 Å². The largest absolute Gasteiger partial charge is 0.388 e. The number of aliphatic hydroxyl groups excluding tert-OH is 1. The van der Waals surface area contributed by atoms with E-state index in [1.54, 1.807) is 0 Å². The predicted molar refractivity (Wildman–Crippen MR) is 64.9 cm³/mol. The summed E-state index contributed by atoms with van der Waals surface area (Å²) in [5.74, 6) is 0.884. The van der Waals surface area contributed by atoms with Gasteiger partial charge in [-0.1, -0.05) is 52.0 Å². The van der Waals surface area contributed by atoms with Gasteiger partial charge in [0, 0.05) is 0 Å². The SMILES string of the molecule is CCC(C)c1ccc(C(O)C(C)C)cc1. The third-order valence-corrected chi connectivity index (χ3v) is 3.09. The molecule has 1 N–H and O–H groups in total. The predicted octanol–water partition coefficient (Wildman–Crippen LogP) is 3.89. The minimum Gasteiger partial charge on any atom is -0.388 e.